The van der Waals surface area contributed by atoms with Crippen molar-refractivity contribution in [2.45, 2.75) is 6.61 Å². The normalized spacial score (nSPS) is 14.4. The fourth-order valence-electron chi connectivity index (χ4n) is 3.40. The third-order valence-electron chi connectivity index (χ3n) is 5.09. The van der Waals surface area contributed by atoms with Crippen LogP contribution in [-0.2, 0) is 16.2 Å². The van der Waals surface area contributed by atoms with Crippen LogP contribution in [0.3, 0.4) is 0 Å². The van der Waals surface area contributed by atoms with Gasteiger partial charge in [-0.05, 0) is 48.0 Å². The van der Waals surface area contributed by atoms with Crippen molar-refractivity contribution in [1.29, 1.82) is 0 Å². The van der Waals surface area contributed by atoms with Crippen molar-refractivity contribution in [3.05, 3.63) is 87.4 Å². The smallest absolute Gasteiger partial charge is 0.282 e. The van der Waals surface area contributed by atoms with Gasteiger partial charge in [0.25, 0.3) is 11.8 Å². The van der Waals surface area contributed by atoms with Crippen molar-refractivity contribution >= 4 is 46.8 Å². The van der Waals surface area contributed by atoms with Crippen molar-refractivity contribution in [2.75, 3.05) is 19.2 Å². The highest BCUT2D eigenvalue weighted by atomic mass is 35.5. The minimum atomic E-state index is -0.510. The lowest BCUT2D eigenvalue weighted by molar-refractivity contribution is -0.117. The maximum atomic E-state index is 12.9. The minimum Gasteiger partial charge on any atom is -0.493 e. The van der Waals surface area contributed by atoms with Crippen LogP contribution in [0.4, 0.5) is 5.69 Å². The lowest BCUT2D eigenvalue weighted by atomic mass is 10.1. The number of nitrogens with one attached hydrogen (secondary N) is 1. The van der Waals surface area contributed by atoms with Crippen molar-refractivity contribution in [3.63, 3.8) is 0 Å². The maximum Gasteiger partial charge on any atom is 0.282 e. The number of halogens is 2. The van der Waals surface area contributed by atoms with Gasteiger partial charge in [0.15, 0.2) is 11.5 Å². The van der Waals surface area contributed by atoms with Gasteiger partial charge in [0.1, 0.15) is 12.2 Å². The number of hydrogen-bond acceptors (Lipinski definition) is 5. The maximum absolute atomic E-state index is 12.9. The molecule has 9 heteroatoms. The summed E-state index contributed by atoms with van der Waals surface area (Å²) in [6, 6.07) is 17.3. The first-order chi connectivity index (χ1) is 16.4. The Morgan fingerprint density at radius 2 is 1.62 bits per heavy atom. The Labute approximate surface area is 206 Å². The molecule has 174 valence electrons. The lowest BCUT2D eigenvalue weighted by Crippen LogP contribution is -2.35. The molecule has 3 aromatic rings. The van der Waals surface area contributed by atoms with Crippen LogP contribution in [0, 0.1) is 0 Å². The second kappa shape index (κ2) is 10.1. The number of carbonyl (C=O) groups is 2. The van der Waals surface area contributed by atoms with Crippen LogP contribution in [0.5, 0.6) is 17.2 Å². The minimum absolute atomic E-state index is 0.0189. The van der Waals surface area contributed by atoms with Crippen LogP contribution >= 0.6 is 23.2 Å². The number of benzene rings is 3. The van der Waals surface area contributed by atoms with E-state index >= 15 is 0 Å². The van der Waals surface area contributed by atoms with Crippen molar-refractivity contribution in [1.82, 2.24) is 5.43 Å². The number of hydrogen-bond donors (Lipinski definition) is 1. The lowest BCUT2D eigenvalue weighted by Gasteiger charge is -2.16. The quantitative estimate of drug-likeness (QED) is 0.364. The zero-order valence-electron chi connectivity index (χ0n) is 18.3. The predicted octanol–water partition coefficient (Wildman–Crippen LogP) is 5.05. The van der Waals surface area contributed by atoms with Crippen LogP contribution in [0.1, 0.15) is 11.1 Å². The first-order valence-electron chi connectivity index (χ1n) is 10.2. The average molecular weight is 499 g/mol. The molecule has 7 nitrogen and oxygen atoms in total. The molecule has 1 fully saturated rings. The number of anilines is 1. The van der Waals surface area contributed by atoms with Crippen LogP contribution in [0.25, 0.3) is 6.08 Å². The number of hydrazine groups is 1. The Hall–Kier alpha value is -3.68. The van der Waals surface area contributed by atoms with E-state index in [1.165, 1.54) is 25.3 Å². The molecule has 1 N–H and O–H groups in total. The molecule has 2 amide bonds. The largest absolute Gasteiger partial charge is 0.493 e. The zero-order chi connectivity index (χ0) is 24.2. The van der Waals surface area contributed by atoms with Gasteiger partial charge in [0.05, 0.1) is 19.9 Å². The first-order valence-corrected chi connectivity index (χ1v) is 10.9. The third-order valence-corrected chi connectivity index (χ3v) is 5.67. The summed E-state index contributed by atoms with van der Waals surface area (Å²) < 4.78 is 16.9. The van der Waals surface area contributed by atoms with Gasteiger partial charge >= 0.3 is 0 Å². The topological polar surface area (TPSA) is 77.1 Å². The van der Waals surface area contributed by atoms with Crippen LogP contribution < -0.4 is 24.6 Å². The predicted molar refractivity (Wildman–Crippen MR) is 130 cm³/mol. The Morgan fingerprint density at radius 3 is 2.24 bits per heavy atom. The Kier molecular flexibility index (Phi) is 6.95. The molecule has 1 aliphatic rings. The molecule has 0 radical (unpaired) electrons. The summed E-state index contributed by atoms with van der Waals surface area (Å²) in [5.74, 6) is 0.103. The van der Waals surface area contributed by atoms with Gasteiger partial charge < -0.3 is 14.2 Å². The summed E-state index contributed by atoms with van der Waals surface area (Å²) in [6.07, 6.45) is 1.48. The molecule has 34 heavy (non-hydrogen) atoms. The molecule has 4 rings (SSSR count). The molecule has 0 saturated carbocycles. The van der Waals surface area contributed by atoms with E-state index in [4.69, 9.17) is 37.4 Å². The van der Waals surface area contributed by atoms with E-state index in [1.54, 1.807) is 54.6 Å². The van der Waals surface area contributed by atoms with E-state index in [-0.39, 0.29) is 12.2 Å². The van der Waals surface area contributed by atoms with Gasteiger partial charge in [-0.2, -0.15) is 0 Å². The van der Waals surface area contributed by atoms with Crippen LogP contribution in [0.2, 0.25) is 10.0 Å². The van der Waals surface area contributed by atoms with Gasteiger partial charge in [-0.25, -0.2) is 5.01 Å². The van der Waals surface area contributed by atoms with Crippen LogP contribution in [0.15, 0.2) is 66.2 Å². The summed E-state index contributed by atoms with van der Waals surface area (Å²) in [6.45, 7) is 0.149. The highest BCUT2D eigenvalue weighted by Gasteiger charge is 2.34. The number of rotatable bonds is 7. The molecule has 1 saturated heterocycles. The summed E-state index contributed by atoms with van der Waals surface area (Å²) in [5, 5.41) is 2.20. The van der Waals surface area contributed by atoms with Gasteiger partial charge in [0, 0.05) is 15.6 Å². The average Bonchev–Trinajstić information content (AvgIpc) is 3.12. The number of carbonyl (C=O) groups excluding carboxylic acids is 2. The van der Waals surface area contributed by atoms with Crippen molar-refractivity contribution in [3.8, 4) is 17.2 Å². The standard InChI is InChI=1S/C25H20Cl2N2O5/c1-32-21-11-15(10-19-24(30)28-29(25(19)31)18-6-4-3-5-7-18)12-22(33-2)23(21)34-14-16-8-9-17(26)13-20(16)27/h3-13H,14H2,1-2H3,(H,28,30)/b19-10-. The van der Waals surface area contributed by atoms with Gasteiger partial charge in [-0.1, -0.05) is 47.5 Å². The van der Waals surface area contributed by atoms with Gasteiger partial charge in [-0.3, -0.25) is 15.0 Å². The van der Waals surface area contributed by atoms with Crippen molar-refractivity contribution < 1.29 is 23.8 Å². The Morgan fingerprint density at radius 1 is 0.941 bits per heavy atom. The number of nitrogens with zero attached hydrogens (tertiary/aromatic N) is 1. The molecule has 0 spiro atoms. The second-order valence-electron chi connectivity index (χ2n) is 7.25. The molecule has 1 aliphatic heterocycles. The number of ether oxygens (including phenoxy) is 3. The summed E-state index contributed by atoms with van der Waals surface area (Å²) in [5.41, 5.74) is 4.37. The molecular weight excluding hydrogens is 479 g/mol. The molecule has 0 unspecified atom stereocenters. The Bertz CT molecular complexity index is 1250. The molecule has 3 aromatic carbocycles. The second-order valence-corrected chi connectivity index (χ2v) is 8.10. The van der Waals surface area contributed by atoms with E-state index < -0.39 is 11.8 Å². The zero-order valence-corrected chi connectivity index (χ0v) is 19.8. The third kappa shape index (κ3) is 4.81. The summed E-state index contributed by atoms with van der Waals surface area (Å²) >= 11 is 12.2. The van der Waals surface area contributed by atoms with E-state index in [1.807, 2.05) is 6.07 Å². The van der Waals surface area contributed by atoms with Crippen molar-refractivity contribution in [2.24, 2.45) is 0 Å². The highest BCUT2D eigenvalue weighted by Crippen LogP contribution is 2.40. The molecule has 0 aromatic heterocycles. The van der Waals surface area contributed by atoms with Crippen LogP contribution in [-0.4, -0.2) is 26.0 Å². The van der Waals surface area contributed by atoms with E-state index in [9.17, 15) is 9.59 Å². The number of methoxy groups -OCH3 is 2. The number of amides is 2. The molecular formula is C25H20Cl2N2O5. The van der Waals surface area contributed by atoms with E-state index in [0.717, 1.165) is 5.56 Å². The summed E-state index contributed by atoms with van der Waals surface area (Å²) in [7, 11) is 2.97. The van der Waals surface area contributed by atoms with E-state index in [0.29, 0.717) is 38.5 Å². The molecule has 0 atom stereocenters. The fraction of sp³-hybridized carbons (Fsp3) is 0.120. The van der Waals surface area contributed by atoms with Gasteiger partial charge in [-0.15, -0.1) is 0 Å². The SMILES string of the molecule is COc1cc(/C=C2/C(=O)NN(c3ccccc3)C2=O)cc(OC)c1OCc1ccc(Cl)cc1Cl. The number of para-hydroxylation sites is 1. The Balaban J connectivity index is 1.63. The monoisotopic (exact) mass is 498 g/mol. The van der Waals surface area contributed by atoms with E-state index in [2.05, 4.69) is 5.43 Å². The van der Waals surface area contributed by atoms with Gasteiger partial charge in [0.2, 0.25) is 5.75 Å². The first kappa shape index (κ1) is 23.5. The molecule has 1 heterocycles. The highest BCUT2D eigenvalue weighted by molar-refractivity contribution is 6.35. The summed E-state index contributed by atoms with van der Waals surface area (Å²) in [4.78, 5) is 25.4. The molecule has 0 bridgehead atoms. The molecule has 0 aliphatic carbocycles. The fourth-order valence-corrected chi connectivity index (χ4v) is 3.86.